The molecule has 25 heavy (non-hydrogen) atoms. The predicted octanol–water partition coefficient (Wildman–Crippen LogP) is 3.27. The van der Waals surface area contributed by atoms with Crippen LogP contribution in [-0.4, -0.2) is 15.2 Å². The van der Waals surface area contributed by atoms with E-state index in [1.165, 1.54) is 6.07 Å². The van der Waals surface area contributed by atoms with Gasteiger partial charge in [-0.25, -0.2) is 9.49 Å². The molecule has 0 aliphatic carbocycles. The van der Waals surface area contributed by atoms with Crippen molar-refractivity contribution in [2.45, 2.75) is 0 Å². The Balaban J connectivity index is 1.84. The number of aromatic amines is 1. The van der Waals surface area contributed by atoms with Gasteiger partial charge in [0.2, 0.25) is 11.8 Å². The maximum absolute atomic E-state index is 13.9. The van der Waals surface area contributed by atoms with Gasteiger partial charge in [-0.2, -0.15) is 10.2 Å². The molecular weight excluding hydrogens is 438 g/mol. The normalized spacial score (nSPS) is 10.1. The zero-order valence-corrected chi connectivity index (χ0v) is 14.7. The number of nitrogens with one attached hydrogen (secondary N) is 3. The molecule has 0 saturated carbocycles. The molecule has 0 saturated heterocycles. The molecule has 0 spiro atoms. The van der Waals surface area contributed by atoms with Crippen molar-refractivity contribution in [2.24, 2.45) is 0 Å². The Hall–Kier alpha value is -3.00. The van der Waals surface area contributed by atoms with E-state index in [4.69, 9.17) is 5.26 Å². The van der Waals surface area contributed by atoms with Gasteiger partial charge < -0.3 is 10.6 Å². The first-order valence-electron chi connectivity index (χ1n) is 7.01. The number of aromatic nitrogens is 3. The van der Waals surface area contributed by atoms with E-state index in [0.717, 1.165) is 3.57 Å². The van der Waals surface area contributed by atoms with Crippen LogP contribution in [0.1, 0.15) is 5.56 Å². The second-order valence-corrected chi connectivity index (χ2v) is 6.15. The molecule has 0 bridgehead atoms. The summed E-state index contributed by atoms with van der Waals surface area (Å²) in [5.74, 6) is -0.424. The van der Waals surface area contributed by atoms with Gasteiger partial charge in [0.15, 0.2) is 0 Å². The van der Waals surface area contributed by atoms with Crippen molar-refractivity contribution in [3.8, 4) is 6.07 Å². The fourth-order valence-electron chi connectivity index (χ4n) is 1.96. The molecule has 1 aromatic heterocycles. The molecule has 2 aromatic carbocycles. The van der Waals surface area contributed by atoms with Gasteiger partial charge in [-0.05, 0) is 65.1 Å². The van der Waals surface area contributed by atoms with Crippen LogP contribution in [-0.2, 0) is 0 Å². The zero-order chi connectivity index (χ0) is 17.8. The SMILES string of the molecule is N#Cc1ccc(Nc2nc(Nc3ccc(I)cc3F)n[nH]c2=O)cc1. The minimum Gasteiger partial charge on any atom is -0.335 e. The minimum absolute atomic E-state index is 0.00636. The highest BCUT2D eigenvalue weighted by atomic mass is 127. The lowest BCUT2D eigenvalue weighted by Gasteiger charge is -2.08. The summed E-state index contributed by atoms with van der Waals surface area (Å²) in [5, 5.41) is 20.4. The Bertz CT molecular complexity index is 1010. The molecule has 7 nitrogen and oxygen atoms in total. The standard InChI is InChI=1S/C16H10FIN6O/c17-12-7-10(18)3-6-13(12)21-16-22-14(15(25)23-24-16)20-11-4-1-9(8-19)2-5-11/h1-7H,(H,23,25)(H2,20,21,22,24). The number of halogens is 2. The van der Waals surface area contributed by atoms with Crippen LogP contribution < -0.4 is 16.2 Å². The molecule has 0 amide bonds. The van der Waals surface area contributed by atoms with Gasteiger partial charge in [0.25, 0.3) is 0 Å². The molecule has 3 aromatic rings. The molecule has 0 atom stereocenters. The average Bonchev–Trinajstić information content (AvgIpc) is 2.61. The fourth-order valence-corrected chi connectivity index (χ4v) is 2.41. The quantitative estimate of drug-likeness (QED) is 0.530. The van der Waals surface area contributed by atoms with Crippen LogP contribution in [0.15, 0.2) is 47.3 Å². The van der Waals surface area contributed by atoms with Crippen molar-refractivity contribution in [3.63, 3.8) is 0 Å². The number of hydrogen-bond donors (Lipinski definition) is 3. The second-order valence-electron chi connectivity index (χ2n) is 4.90. The Morgan fingerprint density at radius 2 is 1.92 bits per heavy atom. The minimum atomic E-state index is -0.530. The van der Waals surface area contributed by atoms with Crippen LogP contribution in [0.25, 0.3) is 0 Å². The highest BCUT2D eigenvalue weighted by Crippen LogP contribution is 2.20. The Morgan fingerprint density at radius 3 is 2.60 bits per heavy atom. The second kappa shape index (κ2) is 7.27. The molecule has 3 rings (SSSR count). The largest absolute Gasteiger partial charge is 0.335 e. The van der Waals surface area contributed by atoms with E-state index in [0.29, 0.717) is 11.3 Å². The fraction of sp³-hybridized carbons (Fsp3) is 0. The predicted molar refractivity (Wildman–Crippen MR) is 99.5 cm³/mol. The maximum atomic E-state index is 13.9. The summed E-state index contributed by atoms with van der Waals surface area (Å²) in [4.78, 5) is 15.9. The van der Waals surface area contributed by atoms with Gasteiger partial charge in [0, 0.05) is 9.26 Å². The number of nitrogens with zero attached hydrogens (tertiary/aromatic N) is 3. The average molecular weight is 448 g/mol. The van der Waals surface area contributed by atoms with Crippen LogP contribution in [0.5, 0.6) is 0 Å². The first kappa shape index (κ1) is 16.8. The van der Waals surface area contributed by atoms with Gasteiger partial charge in [-0.3, -0.25) is 4.79 Å². The summed E-state index contributed by atoms with van der Waals surface area (Å²) in [6, 6.07) is 13.2. The first-order chi connectivity index (χ1) is 12.0. The number of nitriles is 1. The summed E-state index contributed by atoms with van der Waals surface area (Å²) < 4.78 is 14.7. The van der Waals surface area contributed by atoms with Crippen molar-refractivity contribution in [3.05, 3.63) is 67.8 Å². The smallest absolute Gasteiger partial charge is 0.307 e. The van der Waals surface area contributed by atoms with E-state index in [1.54, 1.807) is 36.4 Å². The third-order valence-electron chi connectivity index (χ3n) is 3.15. The Kier molecular flexibility index (Phi) is 4.90. The number of benzene rings is 2. The van der Waals surface area contributed by atoms with Crippen LogP contribution >= 0.6 is 22.6 Å². The Morgan fingerprint density at radius 1 is 1.16 bits per heavy atom. The number of H-pyrrole nitrogens is 1. The monoisotopic (exact) mass is 448 g/mol. The molecule has 0 aliphatic heterocycles. The molecule has 0 aliphatic rings. The van der Waals surface area contributed by atoms with Crippen LogP contribution in [0, 0.1) is 20.7 Å². The van der Waals surface area contributed by atoms with Crippen molar-refractivity contribution >= 4 is 45.7 Å². The summed E-state index contributed by atoms with van der Waals surface area (Å²) >= 11 is 2.00. The van der Waals surface area contributed by atoms with Crippen molar-refractivity contribution in [1.29, 1.82) is 5.26 Å². The highest BCUT2D eigenvalue weighted by molar-refractivity contribution is 14.1. The molecule has 9 heteroatoms. The first-order valence-corrected chi connectivity index (χ1v) is 8.09. The van der Waals surface area contributed by atoms with Gasteiger partial charge in [-0.15, -0.1) is 5.10 Å². The molecular formula is C16H10FIN6O. The third kappa shape index (κ3) is 4.10. The number of rotatable bonds is 4. The summed E-state index contributed by atoms with van der Waals surface area (Å²) in [5.41, 5.74) is 0.739. The van der Waals surface area contributed by atoms with Crippen LogP contribution in [0.2, 0.25) is 0 Å². The molecule has 1 heterocycles. The summed E-state index contributed by atoms with van der Waals surface area (Å²) in [7, 11) is 0. The van der Waals surface area contributed by atoms with E-state index < -0.39 is 11.4 Å². The van der Waals surface area contributed by atoms with Crippen LogP contribution in [0.4, 0.5) is 27.5 Å². The maximum Gasteiger partial charge on any atom is 0.307 e. The van der Waals surface area contributed by atoms with Crippen molar-refractivity contribution in [1.82, 2.24) is 15.2 Å². The van der Waals surface area contributed by atoms with Crippen molar-refractivity contribution < 1.29 is 4.39 Å². The number of anilines is 4. The number of hydrogen-bond acceptors (Lipinski definition) is 6. The molecule has 0 fully saturated rings. The molecule has 0 radical (unpaired) electrons. The highest BCUT2D eigenvalue weighted by Gasteiger charge is 2.09. The summed E-state index contributed by atoms with van der Waals surface area (Å²) in [6.45, 7) is 0. The van der Waals surface area contributed by atoms with E-state index >= 15 is 0 Å². The van der Waals surface area contributed by atoms with Gasteiger partial charge in [0.05, 0.1) is 17.3 Å². The van der Waals surface area contributed by atoms with Crippen molar-refractivity contribution in [2.75, 3.05) is 10.6 Å². The molecule has 0 unspecified atom stereocenters. The topological polar surface area (TPSA) is 106 Å². The summed E-state index contributed by atoms with van der Waals surface area (Å²) in [6.07, 6.45) is 0. The van der Waals surface area contributed by atoms with Crippen LogP contribution in [0.3, 0.4) is 0 Å². The lowest BCUT2D eigenvalue weighted by atomic mass is 10.2. The van der Waals surface area contributed by atoms with Gasteiger partial charge >= 0.3 is 5.56 Å². The van der Waals surface area contributed by atoms with E-state index in [9.17, 15) is 9.18 Å². The third-order valence-corrected chi connectivity index (χ3v) is 3.82. The van der Waals surface area contributed by atoms with E-state index in [1.807, 2.05) is 28.7 Å². The Labute approximate surface area is 155 Å². The van der Waals surface area contributed by atoms with E-state index in [-0.39, 0.29) is 17.5 Å². The lowest BCUT2D eigenvalue weighted by molar-refractivity contribution is 0.630. The molecule has 124 valence electrons. The van der Waals surface area contributed by atoms with E-state index in [2.05, 4.69) is 25.8 Å². The molecule has 3 N–H and O–H groups in total. The van der Waals surface area contributed by atoms with Gasteiger partial charge in [-0.1, -0.05) is 0 Å². The lowest BCUT2D eigenvalue weighted by Crippen LogP contribution is -2.17. The van der Waals surface area contributed by atoms with Gasteiger partial charge in [0.1, 0.15) is 5.82 Å². The zero-order valence-electron chi connectivity index (χ0n) is 12.5.